The minimum absolute atomic E-state index is 0.0636. The summed E-state index contributed by atoms with van der Waals surface area (Å²) < 4.78 is 25.9. The van der Waals surface area contributed by atoms with E-state index >= 15 is 0 Å². The van der Waals surface area contributed by atoms with Gasteiger partial charge in [0.1, 0.15) is 6.61 Å². The van der Waals surface area contributed by atoms with Crippen LogP contribution in [0.4, 0.5) is 0 Å². The molecule has 1 rings (SSSR count). The van der Waals surface area contributed by atoms with E-state index in [9.17, 15) is 13.2 Å². The summed E-state index contributed by atoms with van der Waals surface area (Å²) in [4.78, 5) is 15.6. The molecule has 0 aliphatic heterocycles. The Morgan fingerprint density at radius 3 is 2.43 bits per heavy atom. The predicted molar refractivity (Wildman–Crippen MR) is 87.0 cm³/mol. The van der Waals surface area contributed by atoms with Crippen LogP contribution in [-0.4, -0.2) is 49.7 Å². The van der Waals surface area contributed by atoms with Crippen molar-refractivity contribution in [2.75, 3.05) is 20.2 Å². The number of carbonyl (C=O) groups is 1. The summed E-state index contributed by atoms with van der Waals surface area (Å²) in [6.07, 6.45) is 0.204. The maximum absolute atomic E-state index is 12.4. The van der Waals surface area contributed by atoms with Crippen molar-refractivity contribution in [2.45, 2.75) is 31.6 Å². The Morgan fingerprint density at radius 2 is 1.91 bits per heavy atom. The largest absolute Gasteiger partial charge is 0.481 e. The van der Waals surface area contributed by atoms with Crippen molar-refractivity contribution in [1.29, 1.82) is 0 Å². The van der Waals surface area contributed by atoms with Crippen molar-refractivity contribution >= 4 is 21.7 Å². The number of aliphatic carboxylic acids is 1. The molecule has 0 bridgehead atoms. The molecule has 23 heavy (non-hydrogen) atoms. The van der Waals surface area contributed by atoms with Crippen LogP contribution < -0.4 is 0 Å². The number of nitrogens with zero attached hydrogens (tertiary/aromatic N) is 2. The molecule has 1 aromatic rings. The standard InChI is InChI=1S/C15H22N2O5S/c1-4-22-16-12(2)13-7-9-14(10-8-13)23(20,21)17(3)11-5-6-15(18)19/h7-10H,4-6,11H2,1-3H3,(H,18,19)/b16-12+. The molecule has 1 N–H and O–H groups in total. The normalized spacial score (nSPS) is 12.4. The lowest BCUT2D eigenvalue weighted by Crippen LogP contribution is -2.28. The average molecular weight is 342 g/mol. The number of sulfonamides is 1. The second-order valence-electron chi connectivity index (χ2n) is 4.94. The van der Waals surface area contributed by atoms with Gasteiger partial charge in [0.05, 0.1) is 10.6 Å². The Morgan fingerprint density at radius 1 is 1.30 bits per heavy atom. The van der Waals surface area contributed by atoms with Crippen molar-refractivity contribution < 1.29 is 23.2 Å². The van der Waals surface area contributed by atoms with Crippen LogP contribution in [0.3, 0.4) is 0 Å². The molecule has 0 saturated heterocycles. The van der Waals surface area contributed by atoms with Gasteiger partial charge in [-0.25, -0.2) is 12.7 Å². The van der Waals surface area contributed by atoms with Crippen molar-refractivity contribution in [1.82, 2.24) is 4.31 Å². The summed E-state index contributed by atoms with van der Waals surface area (Å²) in [7, 11) is -2.19. The molecule has 8 heteroatoms. The van der Waals surface area contributed by atoms with Crippen LogP contribution in [0.2, 0.25) is 0 Å². The minimum atomic E-state index is -3.63. The van der Waals surface area contributed by atoms with Gasteiger partial charge in [-0.3, -0.25) is 4.79 Å². The lowest BCUT2D eigenvalue weighted by atomic mass is 10.1. The molecule has 7 nitrogen and oxygen atoms in total. The van der Waals surface area contributed by atoms with Crippen LogP contribution in [0.1, 0.15) is 32.3 Å². The highest BCUT2D eigenvalue weighted by atomic mass is 32.2. The van der Waals surface area contributed by atoms with Crippen LogP contribution in [0.15, 0.2) is 34.3 Å². The Balaban J connectivity index is 2.83. The molecule has 0 fully saturated rings. The smallest absolute Gasteiger partial charge is 0.303 e. The molecule has 0 heterocycles. The first-order valence-corrected chi connectivity index (χ1v) is 8.68. The Hall–Kier alpha value is -1.93. The first-order valence-electron chi connectivity index (χ1n) is 7.24. The van der Waals surface area contributed by atoms with Gasteiger partial charge in [-0.05, 0) is 38.0 Å². The third kappa shape index (κ3) is 5.65. The van der Waals surface area contributed by atoms with Gasteiger partial charge in [0, 0.05) is 20.0 Å². The van der Waals surface area contributed by atoms with Gasteiger partial charge in [0.15, 0.2) is 0 Å². The third-order valence-corrected chi connectivity index (χ3v) is 5.05. The Labute approximate surface area is 136 Å². The van der Waals surface area contributed by atoms with E-state index < -0.39 is 16.0 Å². The van der Waals surface area contributed by atoms with E-state index in [2.05, 4.69) is 5.16 Å². The SMILES string of the molecule is CCO/N=C(\C)c1ccc(S(=O)(=O)N(C)CCCC(=O)O)cc1. The maximum Gasteiger partial charge on any atom is 0.303 e. The van der Waals surface area contributed by atoms with Gasteiger partial charge in [0.25, 0.3) is 0 Å². The zero-order chi connectivity index (χ0) is 17.5. The molecule has 0 amide bonds. The number of rotatable bonds is 9. The highest BCUT2D eigenvalue weighted by molar-refractivity contribution is 7.89. The van der Waals surface area contributed by atoms with E-state index in [1.54, 1.807) is 19.1 Å². The third-order valence-electron chi connectivity index (χ3n) is 3.17. The Kier molecular flexibility index (Phi) is 7.18. The summed E-state index contributed by atoms with van der Waals surface area (Å²) in [6, 6.07) is 6.33. The first kappa shape index (κ1) is 19.1. The highest BCUT2D eigenvalue weighted by Gasteiger charge is 2.20. The fourth-order valence-corrected chi connectivity index (χ4v) is 3.04. The maximum atomic E-state index is 12.4. The quantitative estimate of drug-likeness (QED) is 0.546. The number of hydrogen-bond acceptors (Lipinski definition) is 5. The number of oxime groups is 1. The molecule has 0 atom stereocenters. The average Bonchev–Trinajstić information content (AvgIpc) is 2.52. The zero-order valence-corrected chi connectivity index (χ0v) is 14.3. The predicted octanol–water partition coefficient (Wildman–Crippen LogP) is 1.93. The summed E-state index contributed by atoms with van der Waals surface area (Å²) in [6.45, 7) is 4.22. The van der Waals surface area contributed by atoms with E-state index in [0.29, 0.717) is 12.3 Å². The van der Waals surface area contributed by atoms with Gasteiger partial charge in [-0.1, -0.05) is 17.3 Å². The van der Waals surface area contributed by atoms with Crippen molar-refractivity contribution in [3.8, 4) is 0 Å². The van der Waals surface area contributed by atoms with E-state index in [-0.39, 0.29) is 24.3 Å². The van der Waals surface area contributed by atoms with Crippen LogP contribution in [0.25, 0.3) is 0 Å². The highest BCUT2D eigenvalue weighted by Crippen LogP contribution is 2.16. The molecule has 0 saturated carbocycles. The number of carboxylic acid groups (broad SMARTS) is 1. The van der Waals surface area contributed by atoms with Crippen molar-refractivity contribution in [3.63, 3.8) is 0 Å². The summed E-state index contributed by atoms with van der Waals surface area (Å²) >= 11 is 0. The van der Waals surface area contributed by atoms with E-state index in [0.717, 1.165) is 9.87 Å². The summed E-state index contributed by atoms with van der Waals surface area (Å²) in [5, 5.41) is 12.5. The number of benzene rings is 1. The van der Waals surface area contributed by atoms with Crippen LogP contribution in [0.5, 0.6) is 0 Å². The molecular formula is C15H22N2O5S. The molecular weight excluding hydrogens is 320 g/mol. The number of carboxylic acids is 1. The van der Waals surface area contributed by atoms with Crippen LogP contribution in [-0.2, 0) is 19.7 Å². The molecule has 1 aromatic carbocycles. The first-order chi connectivity index (χ1) is 10.8. The molecule has 0 unspecified atom stereocenters. The van der Waals surface area contributed by atoms with Gasteiger partial charge >= 0.3 is 5.97 Å². The van der Waals surface area contributed by atoms with Gasteiger partial charge in [0.2, 0.25) is 10.0 Å². The topological polar surface area (TPSA) is 96.3 Å². The van der Waals surface area contributed by atoms with Crippen LogP contribution in [0, 0.1) is 0 Å². The van der Waals surface area contributed by atoms with Crippen LogP contribution >= 0.6 is 0 Å². The minimum Gasteiger partial charge on any atom is -0.481 e. The van der Waals surface area contributed by atoms with E-state index in [1.165, 1.54) is 19.2 Å². The molecule has 0 radical (unpaired) electrons. The van der Waals surface area contributed by atoms with Gasteiger partial charge in [-0.15, -0.1) is 0 Å². The summed E-state index contributed by atoms with van der Waals surface area (Å²) in [5.41, 5.74) is 1.43. The Bertz CT molecular complexity index is 653. The monoisotopic (exact) mass is 342 g/mol. The molecule has 0 spiro atoms. The molecule has 128 valence electrons. The second kappa shape index (κ2) is 8.64. The zero-order valence-electron chi connectivity index (χ0n) is 13.5. The van der Waals surface area contributed by atoms with Gasteiger partial charge in [-0.2, -0.15) is 0 Å². The summed E-state index contributed by atoms with van der Waals surface area (Å²) in [5.74, 6) is -0.941. The van der Waals surface area contributed by atoms with E-state index in [1.807, 2.05) is 6.92 Å². The van der Waals surface area contributed by atoms with Gasteiger partial charge < -0.3 is 9.94 Å². The van der Waals surface area contributed by atoms with E-state index in [4.69, 9.17) is 9.94 Å². The lowest BCUT2D eigenvalue weighted by molar-refractivity contribution is -0.137. The number of hydrogen-bond donors (Lipinski definition) is 1. The van der Waals surface area contributed by atoms with Crippen molar-refractivity contribution in [3.05, 3.63) is 29.8 Å². The molecule has 0 aromatic heterocycles. The molecule has 0 aliphatic rings. The fourth-order valence-electron chi connectivity index (χ4n) is 1.84. The molecule has 0 aliphatic carbocycles. The lowest BCUT2D eigenvalue weighted by Gasteiger charge is -2.17. The second-order valence-corrected chi connectivity index (χ2v) is 6.99. The fraction of sp³-hybridized carbons (Fsp3) is 0.467. The van der Waals surface area contributed by atoms with Crippen molar-refractivity contribution in [2.24, 2.45) is 5.16 Å².